The van der Waals surface area contributed by atoms with E-state index in [9.17, 15) is 0 Å². The minimum atomic E-state index is 0.146. The molecule has 1 rings (SSSR count). The average molecular weight is 363 g/mol. The minimum absolute atomic E-state index is 0.146. The van der Waals surface area contributed by atoms with Crippen LogP contribution >= 0.6 is 0 Å². The van der Waals surface area contributed by atoms with Gasteiger partial charge >= 0.3 is 0 Å². The standard InChI is InChI=1S/C17H25NO2.C3H6.C2H7N/c1-13-7-6-9-17(2,3)12-14(13)11-16(20-5)15(19-4)8-10-18;1-3-2;1-2-3/h6-11,14,18H,12H2,1-5H3;3H,1H2,2H3;2-3H2,1H3/b15-8+,16-11-,18-10?;;. The maximum Gasteiger partial charge on any atom is 0.161 e. The third kappa shape index (κ3) is 11.5. The Morgan fingerprint density at radius 2 is 1.85 bits per heavy atom. The van der Waals surface area contributed by atoms with Crippen molar-refractivity contribution in [2.45, 2.75) is 41.0 Å². The lowest BCUT2D eigenvalue weighted by Gasteiger charge is -2.24. The van der Waals surface area contributed by atoms with Crippen LogP contribution in [0.1, 0.15) is 41.0 Å². The number of nitrogens with two attached hydrogens (primary N) is 1. The van der Waals surface area contributed by atoms with E-state index >= 15 is 0 Å². The van der Waals surface area contributed by atoms with Crippen molar-refractivity contribution in [3.63, 3.8) is 0 Å². The Morgan fingerprint density at radius 1 is 1.35 bits per heavy atom. The number of hydrogen-bond donors (Lipinski definition) is 2. The predicted octanol–water partition coefficient (Wildman–Crippen LogP) is 5.40. The molecule has 0 aromatic carbocycles. The molecule has 4 heteroatoms. The number of hydrogen-bond acceptors (Lipinski definition) is 4. The summed E-state index contributed by atoms with van der Waals surface area (Å²) < 4.78 is 10.7. The molecule has 1 unspecified atom stereocenters. The van der Waals surface area contributed by atoms with Gasteiger partial charge in [-0.15, -0.1) is 6.58 Å². The molecule has 0 fully saturated rings. The van der Waals surface area contributed by atoms with Gasteiger partial charge in [-0.2, -0.15) is 0 Å². The Morgan fingerprint density at radius 3 is 2.27 bits per heavy atom. The number of methoxy groups -OCH3 is 2. The van der Waals surface area contributed by atoms with E-state index in [-0.39, 0.29) is 5.41 Å². The summed E-state index contributed by atoms with van der Waals surface area (Å²) in [5, 5.41) is 7.18. The molecule has 1 aliphatic carbocycles. The Kier molecular flexibility index (Phi) is 15.3. The summed E-state index contributed by atoms with van der Waals surface area (Å²) in [6.07, 6.45) is 14.2. The average Bonchev–Trinajstić information content (AvgIpc) is 2.70. The molecule has 26 heavy (non-hydrogen) atoms. The van der Waals surface area contributed by atoms with Crippen LogP contribution in [0.4, 0.5) is 0 Å². The molecule has 3 N–H and O–H groups in total. The van der Waals surface area contributed by atoms with Crippen LogP contribution < -0.4 is 5.73 Å². The third-order valence-electron chi connectivity index (χ3n) is 3.51. The first kappa shape index (κ1) is 26.2. The first-order valence-corrected chi connectivity index (χ1v) is 8.90. The fourth-order valence-corrected chi connectivity index (χ4v) is 2.33. The van der Waals surface area contributed by atoms with Gasteiger partial charge in [0.1, 0.15) is 0 Å². The molecule has 1 atom stereocenters. The number of nitrogens with one attached hydrogen (secondary N) is 1. The fraction of sp³-hybridized carbons (Fsp3) is 0.500. The molecule has 0 heterocycles. The zero-order valence-corrected chi connectivity index (χ0v) is 17.6. The second kappa shape index (κ2) is 15.2. The van der Waals surface area contributed by atoms with E-state index in [2.05, 4.69) is 51.7 Å². The molecule has 0 amide bonds. The van der Waals surface area contributed by atoms with E-state index in [1.165, 1.54) is 11.8 Å². The monoisotopic (exact) mass is 362 g/mol. The highest BCUT2D eigenvalue weighted by Crippen LogP contribution is 2.35. The van der Waals surface area contributed by atoms with E-state index in [0.29, 0.717) is 17.4 Å². The summed E-state index contributed by atoms with van der Waals surface area (Å²) in [4.78, 5) is 0. The second-order valence-corrected chi connectivity index (χ2v) is 6.52. The van der Waals surface area contributed by atoms with Gasteiger partial charge in [0.05, 0.1) is 14.2 Å². The van der Waals surface area contributed by atoms with Gasteiger partial charge in [-0.1, -0.05) is 50.6 Å². The summed E-state index contributed by atoms with van der Waals surface area (Å²) in [7, 11) is 3.21. The van der Waals surface area contributed by atoms with Gasteiger partial charge in [-0.3, -0.25) is 0 Å². The van der Waals surface area contributed by atoms with Gasteiger partial charge < -0.3 is 20.6 Å². The van der Waals surface area contributed by atoms with Crippen molar-refractivity contribution in [1.82, 2.24) is 0 Å². The van der Waals surface area contributed by atoms with E-state index in [0.717, 1.165) is 13.0 Å². The van der Waals surface area contributed by atoms with Crippen molar-refractivity contribution in [2.24, 2.45) is 17.1 Å². The van der Waals surface area contributed by atoms with Crippen LogP contribution in [0.2, 0.25) is 0 Å². The van der Waals surface area contributed by atoms with Gasteiger partial charge in [0.15, 0.2) is 11.5 Å². The third-order valence-corrected chi connectivity index (χ3v) is 3.51. The molecule has 0 spiro atoms. The molecule has 0 radical (unpaired) electrons. The maximum atomic E-state index is 7.18. The number of rotatable bonds is 5. The Balaban J connectivity index is 0. The van der Waals surface area contributed by atoms with Crippen LogP contribution in [0.25, 0.3) is 0 Å². The lowest BCUT2D eigenvalue weighted by molar-refractivity contribution is 0.217. The molecule has 0 aliphatic heterocycles. The highest BCUT2D eigenvalue weighted by molar-refractivity contribution is 5.69. The second-order valence-electron chi connectivity index (χ2n) is 6.52. The predicted molar refractivity (Wildman–Crippen MR) is 114 cm³/mol. The number of allylic oxidation sites excluding steroid dienone is 7. The molecular weight excluding hydrogens is 324 g/mol. The van der Waals surface area contributed by atoms with Crippen LogP contribution in [0.3, 0.4) is 0 Å². The summed E-state index contributed by atoms with van der Waals surface area (Å²) in [5.74, 6) is 1.54. The van der Waals surface area contributed by atoms with Crippen molar-refractivity contribution < 1.29 is 9.47 Å². The van der Waals surface area contributed by atoms with E-state index in [1.54, 1.807) is 26.4 Å². The topological polar surface area (TPSA) is 68.3 Å². The van der Waals surface area contributed by atoms with E-state index in [4.69, 9.17) is 20.6 Å². The summed E-state index contributed by atoms with van der Waals surface area (Å²) in [5.41, 5.74) is 6.29. The van der Waals surface area contributed by atoms with Gasteiger partial charge in [0.2, 0.25) is 0 Å². The van der Waals surface area contributed by atoms with Crippen LogP contribution in [-0.4, -0.2) is 27.0 Å². The summed E-state index contributed by atoms with van der Waals surface area (Å²) in [6, 6.07) is 0. The van der Waals surface area contributed by atoms with Crippen LogP contribution in [0.15, 0.2) is 60.1 Å². The van der Waals surface area contributed by atoms with Crippen LogP contribution in [0, 0.1) is 16.7 Å². The van der Waals surface area contributed by atoms with Crippen molar-refractivity contribution in [3.05, 3.63) is 60.1 Å². The first-order valence-electron chi connectivity index (χ1n) is 8.90. The Labute approximate surface area is 160 Å². The van der Waals surface area contributed by atoms with Gasteiger partial charge in [-0.05, 0) is 38.3 Å². The molecule has 4 nitrogen and oxygen atoms in total. The molecule has 0 aromatic rings. The Hall–Kier alpha value is -2.07. The van der Waals surface area contributed by atoms with Gasteiger partial charge in [0, 0.05) is 18.2 Å². The normalized spacial score (nSPS) is 18.8. The molecule has 0 aromatic heterocycles. The lowest BCUT2D eigenvalue weighted by Crippen LogP contribution is -2.14. The van der Waals surface area contributed by atoms with E-state index < -0.39 is 0 Å². The molecule has 1 aliphatic rings. The van der Waals surface area contributed by atoms with Crippen LogP contribution in [0.5, 0.6) is 0 Å². The van der Waals surface area contributed by atoms with Gasteiger partial charge in [0.25, 0.3) is 0 Å². The quantitative estimate of drug-likeness (QED) is 0.298. The molecule has 148 valence electrons. The summed E-state index contributed by atoms with van der Waals surface area (Å²) >= 11 is 0. The largest absolute Gasteiger partial charge is 0.493 e. The van der Waals surface area contributed by atoms with Crippen molar-refractivity contribution in [2.75, 3.05) is 20.8 Å². The van der Waals surface area contributed by atoms with Crippen molar-refractivity contribution >= 4 is 6.21 Å². The van der Waals surface area contributed by atoms with Gasteiger partial charge in [-0.25, -0.2) is 0 Å². The molecular formula is C22H38N2O2. The minimum Gasteiger partial charge on any atom is -0.493 e. The SMILES string of the molecule is C=CC.CCN.COC(=C\C1CC(C)(C)C=CC=C1C)/C(=C\C=N)OC. The van der Waals surface area contributed by atoms with E-state index in [1.807, 2.05) is 13.8 Å². The smallest absolute Gasteiger partial charge is 0.161 e. The fourth-order valence-electron chi connectivity index (χ4n) is 2.33. The first-order chi connectivity index (χ1) is 12.3. The maximum absolute atomic E-state index is 7.18. The lowest BCUT2D eigenvalue weighted by atomic mass is 9.81. The van der Waals surface area contributed by atoms with Crippen molar-refractivity contribution in [3.8, 4) is 0 Å². The molecule has 0 saturated carbocycles. The van der Waals surface area contributed by atoms with Crippen LogP contribution in [-0.2, 0) is 9.47 Å². The molecule has 0 bridgehead atoms. The van der Waals surface area contributed by atoms with Crippen molar-refractivity contribution in [1.29, 1.82) is 5.41 Å². The number of ether oxygens (including phenoxy) is 2. The Bertz CT molecular complexity index is 526. The highest BCUT2D eigenvalue weighted by atomic mass is 16.5. The highest BCUT2D eigenvalue weighted by Gasteiger charge is 2.23. The summed E-state index contributed by atoms with van der Waals surface area (Å²) in [6.45, 7) is 14.5. The zero-order chi connectivity index (χ0) is 20.6. The zero-order valence-electron chi connectivity index (χ0n) is 17.6. The molecule has 0 saturated heterocycles.